The Hall–Kier alpha value is -3.17. The highest BCUT2D eigenvalue weighted by molar-refractivity contribution is 6.31. The van der Waals surface area contributed by atoms with Crippen LogP contribution in [0, 0.1) is 18.3 Å². The number of oxazole rings is 1. The summed E-state index contributed by atoms with van der Waals surface area (Å²) < 4.78 is 11.6. The average molecular weight is 409 g/mol. The highest BCUT2D eigenvalue weighted by Gasteiger charge is 2.24. The van der Waals surface area contributed by atoms with Crippen molar-refractivity contribution in [3.8, 4) is 11.8 Å². The zero-order valence-electron chi connectivity index (χ0n) is 16.1. The zero-order chi connectivity index (χ0) is 20.2. The molecule has 3 aromatic rings. The van der Waals surface area contributed by atoms with Crippen LogP contribution in [0.2, 0.25) is 5.02 Å². The van der Waals surface area contributed by atoms with E-state index in [1.165, 1.54) is 5.69 Å². The molecular weight excluding hydrogens is 388 g/mol. The van der Waals surface area contributed by atoms with Gasteiger partial charge in [0.25, 0.3) is 0 Å². The lowest BCUT2D eigenvalue weighted by atomic mass is 10.2. The minimum Gasteiger partial charge on any atom is -0.484 e. The Bertz CT molecular complexity index is 1020. The monoisotopic (exact) mass is 408 g/mol. The highest BCUT2D eigenvalue weighted by Crippen LogP contribution is 2.26. The second kappa shape index (κ2) is 8.46. The fourth-order valence-corrected chi connectivity index (χ4v) is 3.48. The van der Waals surface area contributed by atoms with E-state index in [0.717, 1.165) is 31.7 Å². The van der Waals surface area contributed by atoms with E-state index in [-0.39, 0.29) is 6.61 Å². The smallest absolute Gasteiger partial charge is 0.236 e. The third kappa shape index (κ3) is 4.30. The number of piperazine rings is 1. The Morgan fingerprint density at radius 1 is 1.10 bits per heavy atom. The maximum Gasteiger partial charge on any atom is 0.236 e. The molecule has 29 heavy (non-hydrogen) atoms. The van der Waals surface area contributed by atoms with E-state index in [1.807, 2.05) is 31.2 Å². The van der Waals surface area contributed by atoms with Gasteiger partial charge in [0, 0.05) is 36.9 Å². The number of nitriles is 1. The van der Waals surface area contributed by atoms with Crippen molar-refractivity contribution in [3.05, 3.63) is 70.7 Å². The standard InChI is InChI=1S/C22H21ClN4O2/c1-16-13-18(7-8-19(16)23)28-15-21-25-20(14-24)22(29-21)27-11-9-26(10-12-27)17-5-3-2-4-6-17/h2-8,13H,9-12,15H2,1H3. The van der Waals surface area contributed by atoms with E-state index >= 15 is 0 Å². The molecule has 2 aromatic carbocycles. The number of para-hydroxylation sites is 1. The predicted molar refractivity (Wildman–Crippen MR) is 113 cm³/mol. The summed E-state index contributed by atoms with van der Waals surface area (Å²) in [7, 11) is 0. The molecule has 1 aliphatic rings. The first kappa shape index (κ1) is 19.2. The Labute approximate surface area is 174 Å². The summed E-state index contributed by atoms with van der Waals surface area (Å²) in [4.78, 5) is 8.70. The molecule has 0 unspecified atom stereocenters. The van der Waals surface area contributed by atoms with Gasteiger partial charge in [-0.1, -0.05) is 29.8 Å². The first-order valence-electron chi connectivity index (χ1n) is 9.48. The molecule has 0 atom stereocenters. The van der Waals surface area contributed by atoms with Crippen LogP contribution in [0.25, 0.3) is 0 Å². The lowest BCUT2D eigenvalue weighted by Gasteiger charge is -2.35. The summed E-state index contributed by atoms with van der Waals surface area (Å²) in [5.74, 6) is 1.59. The van der Waals surface area contributed by atoms with Crippen LogP contribution >= 0.6 is 11.6 Å². The molecule has 1 saturated heterocycles. The second-order valence-corrected chi connectivity index (χ2v) is 7.29. The van der Waals surface area contributed by atoms with Gasteiger partial charge in [-0.05, 0) is 42.8 Å². The van der Waals surface area contributed by atoms with Crippen molar-refractivity contribution >= 4 is 23.2 Å². The maximum absolute atomic E-state index is 9.48. The van der Waals surface area contributed by atoms with Gasteiger partial charge in [0.15, 0.2) is 6.61 Å². The molecule has 7 heteroatoms. The summed E-state index contributed by atoms with van der Waals surface area (Å²) in [6.07, 6.45) is 0. The molecule has 0 N–H and O–H groups in total. The number of anilines is 2. The Morgan fingerprint density at radius 3 is 2.52 bits per heavy atom. The molecule has 0 aliphatic carbocycles. The van der Waals surface area contributed by atoms with Gasteiger partial charge in [-0.25, -0.2) is 0 Å². The van der Waals surface area contributed by atoms with Gasteiger partial charge in [0.2, 0.25) is 17.5 Å². The number of nitrogens with zero attached hydrogens (tertiary/aromatic N) is 4. The number of benzene rings is 2. The summed E-state index contributed by atoms with van der Waals surface area (Å²) >= 11 is 6.04. The normalized spacial score (nSPS) is 14.0. The number of aromatic nitrogens is 1. The van der Waals surface area contributed by atoms with Crippen molar-refractivity contribution in [2.75, 3.05) is 36.0 Å². The number of rotatable bonds is 5. The van der Waals surface area contributed by atoms with Crippen LogP contribution in [0.3, 0.4) is 0 Å². The molecule has 148 valence electrons. The Kier molecular flexibility index (Phi) is 5.59. The number of aryl methyl sites for hydroxylation is 1. The summed E-state index contributed by atoms with van der Waals surface area (Å²) in [6, 6.07) is 17.9. The van der Waals surface area contributed by atoms with E-state index in [9.17, 15) is 5.26 Å². The number of halogens is 1. The van der Waals surface area contributed by atoms with Crippen molar-refractivity contribution in [2.45, 2.75) is 13.5 Å². The van der Waals surface area contributed by atoms with E-state index in [0.29, 0.717) is 28.2 Å². The molecule has 0 bridgehead atoms. The van der Waals surface area contributed by atoms with Gasteiger partial charge in [-0.15, -0.1) is 0 Å². The number of hydrogen-bond acceptors (Lipinski definition) is 6. The van der Waals surface area contributed by atoms with E-state index in [1.54, 1.807) is 12.1 Å². The highest BCUT2D eigenvalue weighted by atomic mass is 35.5. The topological polar surface area (TPSA) is 65.5 Å². The zero-order valence-corrected chi connectivity index (χ0v) is 16.9. The van der Waals surface area contributed by atoms with Crippen molar-refractivity contribution in [1.29, 1.82) is 5.26 Å². The van der Waals surface area contributed by atoms with Gasteiger partial charge in [-0.3, -0.25) is 0 Å². The quantitative estimate of drug-likeness (QED) is 0.622. The van der Waals surface area contributed by atoms with E-state index < -0.39 is 0 Å². The fraction of sp³-hybridized carbons (Fsp3) is 0.273. The van der Waals surface area contributed by atoms with Crippen LogP contribution in [0.15, 0.2) is 52.9 Å². The third-order valence-corrected chi connectivity index (χ3v) is 5.36. The SMILES string of the molecule is Cc1cc(OCc2nc(C#N)c(N3CCN(c4ccccc4)CC3)o2)ccc1Cl. The molecule has 1 fully saturated rings. The van der Waals surface area contributed by atoms with Crippen molar-refractivity contribution in [2.24, 2.45) is 0 Å². The molecule has 4 rings (SSSR count). The maximum atomic E-state index is 9.48. The molecule has 1 aliphatic heterocycles. The van der Waals surface area contributed by atoms with Crippen molar-refractivity contribution < 1.29 is 9.15 Å². The van der Waals surface area contributed by atoms with Crippen LogP contribution in [-0.2, 0) is 6.61 Å². The van der Waals surface area contributed by atoms with Crippen LogP contribution in [-0.4, -0.2) is 31.2 Å². The molecular formula is C22H21ClN4O2. The van der Waals surface area contributed by atoms with E-state index in [4.69, 9.17) is 20.8 Å². The van der Waals surface area contributed by atoms with Crippen LogP contribution < -0.4 is 14.5 Å². The lowest BCUT2D eigenvalue weighted by Crippen LogP contribution is -2.46. The molecule has 6 nitrogen and oxygen atoms in total. The molecule has 0 saturated carbocycles. The van der Waals surface area contributed by atoms with Crippen molar-refractivity contribution in [1.82, 2.24) is 4.98 Å². The number of hydrogen-bond donors (Lipinski definition) is 0. The minimum atomic E-state index is 0.153. The van der Waals surface area contributed by atoms with Gasteiger partial charge in [0.05, 0.1) is 0 Å². The Morgan fingerprint density at radius 2 is 1.83 bits per heavy atom. The van der Waals surface area contributed by atoms with E-state index in [2.05, 4.69) is 33.0 Å². The van der Waals surface area contributed by atoms with Crippen LogP contribution in [0.1, 0.15) is 17.1 Å². The first-order valence-corrected chi connectivity index (χ1v) is 9.85. The van der Waals surface area contributed by atoms with Crippen molar-refractivity contribution in [3.63, 3.8) is 0 Å². The van der Waals surface area contributed by atoms with Gasteiger partial charge < -0.3 is 19.0 Å². The molecule has 0 spiro atoms. The Balaban J connectivity index is 1.41. The lowest BCUT2D eigenvalue weighted by molar-refractivity contribution is 0.263. The molecule has 2 heterocycles. The fourth-order valence-electron chi connectivity index (χ4n) is 3.36. The predicted octanol–water partition coefficient (Wildman–Crippen LogP) is 4.41. The minimum absolute atomic E-state index is 0.153. The average Bonchev–Trinajstić information content (AvgIpc) is 3.19. The summed E-state index contributed by atoms with van der Waals surface area (Å²) in [5.41, 5.74) is 2.44. The molecule has 0 radical (unpaired) electrons. The van der Waals surface area contributed by atoms with Gasteiger partial charge in [-0.2, -0.15) is 10.2 Å². The van der Waals surface area contributed by atoms with Crippen LogP contribution in [0.5, 0.6) is 5.75 Å². The third-order valence-electron chi connectivity index (χ3n) is 4.94. The molecule has 1 aromatic heterocycles. The van der Waals surface area contributed by atoms with Gasteiger partial charge in [0.1, 0.15) is 11.8 Å². The van der Waals surface area contributed by atoms with Crippen LogP contribution in [0.4, 0.5) is 11.6 Å². The molecule has 0 amide bonds. The summed E-state index contributed by atoms with van der Waals surface area (Å²) in [5, 5.41) is 10.2. The largest absolute Gasteiger partial charge is 0.484 e. The second-order valence-electron chi connectivity index (χ2n) is 6.88. The first-order chi connectivity index (χ1) is 14.1. The van der Waals surface area contributed by atoms with Gasteiger partial charge >= 0.3 is 0 Å². The summed E-state index contributed by atoms with van der Waals surface area (Å²) in [6.45, 7) is 5.29. The number of ether oxygens (including phenoxy) is 1.